The molecule has 0 N–H and O–H groups in total. The van der Waals surface area contributed by atoms with Gasteiger partial charge in [0.15, 0.2) is 0 Å². The first kappa shape index (κ1) is 35.6. The van der Waals surface area contributed by atoms with Crippen molar-refractivity contribution in [1.82, 2.24) is 14.1 Å². The number of pyridine rings is 1. The zero-order chi connectivity index (χ0) is 52.7. The Balaban J connectivity index is 0.00000641. The molecular weight excluding hydrogens is 1000 g/mol. The normalized spacial score (nSPS) is 14.9. The van der Waals surface area contributed by atoms with Gasteiger partial charge in [0.05, 0.1) is 22.0 Å². The molecule has 0 unspecified atom stereocenters. The molecule has 0 amide bonds. The van der Waals surface area contributed by atoms with Crippen molar-refractivity contribution in [2.75, 3.05) is 9.80 Å². The van der Waals surface area contributed by atoms with E-state index in [1.807, 2.05) is 59.2 Å². The van der Waals surface area contributed by atoms with Crippen LogP contribution in [0.4, 0.5) is 22.7 Å². The van der Waals surface area contributed by atoms with Crippen molar-refractivity contribution in [1.29, 1.82) is 0 Å². The molecule has 0 atom stereocenters. The maximum absolute atomic E-state index is 9.11. The van der Waals surface area contributed by atoms with Gasteiger partial charge >= 0.3 is 0 Å². The van der Waals surface area contributed by atoms with Crippen LogP contribution in [-0.2, 0) is 37.3 Å². The molecule has 10 aromatic rings. The van der Waals surface area contributed by atoms with Gasteiger partial charge in [0.2, 0.25) is 0 Å². The molecule has 0 saturated heterocycles. The number of nitrogens with zero attached hydrogens (tertiary/aromatic N) is 5. The molecule has 0 aliphatic carbocycles. The van der Waals surface area contributed by atoms with Crippen molar-refractivity contribution in [3.8, 4) is 23.0 Å². The average Bonchev–Trinajstić information content (AvgIpc) is 4.08. The maximum atomic E-state index is 9.11. The fourth-order valence-corrected chi connectivity index (χ4v) is 8.92. The van der Waals surface area contributed by atoms with Crippen LogP contribution in [0.1, 0.15) is 90.0 Å². The van der Waals surface area contributed by atoms with Gasteiger partial charge in [0.25, 0.3) is 0 Å². The van der Waals surface area contributed by atoms with Crippen molar-refractivity contribution in [2.24, 2.45) is 0 Å². The maximum Gasteiger partial charge on any atom is 0.135 e. The van der Waals surface area contributed by atoms with E-state index >= 15 is 0 Å². The van der Waals surface area contributed by atoms with Crippen LogP contribution < -0.4 is 14.5 Å². The van der Waals surface area contributed by atoms with E-state index in [1.165, 1.54) is 15.7 Å². The summed E-state index contributed by atoms with van der Waals surface area (Å²) in [6, 6.07) is 38.2. The predicted molar refractivity (Wildman–Crippen MR) is 275 cm³/mol. The summed E-state index contributed by atoms with van der Waals surface area (Å²) in [4.78, 5) is 9.26. The Hall–Kier alpha value is -6.62. The number of ether oxygens (including phenoxy) is 1. The van der Waals surface area contributed by atoms with Crippen molar-refractivity contribution >= 4 is 66.4 Å². The molecule has 3 aromatic heterocycles. The Bertz CT molecular complexity index is 3890. The first-order valence-electron chi connectivity index (χ1n) is 26.3. The predicted octanol–water partition coefficient (Wildman–Crippen LogP) is 16.0. The molecule has 0 radical (unpaired) electrons. The summed E-state index contributed by atoms with van der Waals surface area (Å²) >= 11 is 0. The molecule has 6 nitrogen and oxygen atoms in total. The summed E-state index contributed by atoms with van der Waals surface area (Å²) in [6.07, 6.45) is 1.79. The third-order valence-electron chi connectivity index (χ3n) is 12.6. The minimum absolute atomic E-state index is 0. The molecule has 338 valence electrons. The number of hydrogen-bond donors (Lipinski definition) is 0. The number of rotatable bonds is 6. The van der Waals surface area contributed by atoms with Gasteiger partial charge in [-0.3, -0.25) is 0 Å². The van der Waals surface area contributed by atoms with Gasteiger partial charge in [-0.2, -0.15) is 12.1 Å². The number of anilines is 4. The largest absolute Gasteiger partial charge is 0.509 e. The van der Waals surface area contributed by atoms with E-state index in [0.717, 1.165) is 44.6 Å². The summed E-state index contributed by atoms with van der Waals surface area (Å²) in [7, 11) is 0. The molecule has 7 aromatic carbocycles. The third-order valence-corrected chi connectivity index (χ3v) is 12.6. The second-order valence-electron chi connectivity index (χ2n) is 20.2. The molecule has 0 spiro atoms. The van der Waals surface area contributed by atoms with Gasteiger partial charge in [-0.25, -0.2) is 4.98 Å². The van der Waals surface area contributed by atoms with Gasteiger partial charge in [-0.1, -0.05) is 122 Å². The van der Waals surface area contributed by atoms with Gasteiger partial charge in [-0.05, 0) is 105 Å². The van der Waals surface area contributed by atoms with Crippen LogP contribution in [-0.4, -0.2) is 14.1 Å². The van der Waals surface area contributed by atoms with E-state index in [0.29, 0.717) is 28.5 Å². The Morgan fingerprint density at radius 3 is 1.81 bits per heavy atom. The Kier molecular flexibility index (Phi) is 8.66. The number of fused-ring (bicyclic) bond motifs is 7. The second-order valence-corrected chi connectivity index (χ2v) is 20.2. The summed E-state index contributed by atoms with van der Waals surface area (Å²) in [6.45, 7) is 22.0. The molecule has 4 heterocycles. The third kappa shape index (κ3) is 7.79. The minimum Gasteiger partial charge on any atom is -0.509 e. The molecule has 7 heteroatoms. The van der Waals surface area contributed by atoms with Crippen LogP contribution in [0.15, 0.2) is 158 Å². The summed E-state index contributed by atoms with van der Waals surface area (Å²) in [5, 5.41) is 1.55. The number of benzene rings is 7. The van der Waals surface area contributed by atoms with E-state index < -0.39 is 24.2 Å². The van der Waals surface area contributed by atoms with Crippen LogP contribution in [0.2, 0.25) is 0 Å². The Morgan fingerprint density at radius 1 is 0.522 bits per heavy atom. The van der Waals surface area contributed by atoms with Crippen molar-refractivity contribution in [3.63, 3.8) is 0 Å². The van der Waals surface area contributed by atoms with E-state index in [4.69, 9.17) is 20.7 Å². The monoisotopic (exact) mass is 1060 g/mol. The first-order chi connectivity index (χ1) is 34.9. The molecule has 67 heavy (non-hydrogen) atoms. The van der Waals surface area contributed by atoms with Crippen LogP contribution in [0, 0.1) is 18.8 Å². The fraction of sp³-hybridized carbons (Fsp3) is 0.200. The second kappa shape index (κ2) is 16.3. The topological polar surface area (TPSA) is 38.5 Å². The fourth-order valence-electron chi connectivity index (χ4n) is 8.92. The Labute approximate surface area is 420 Å². The van der Waals surface area contributed by atoms with Crippen LogP contribution in [0.3, 0.4) is 0 Å². The van der Waals surface area contributed by atoms with E-state index in [2.05, 4.69) is 133 Å². The van der Waals surface area contributed by atoms with Gasteiger partial charge in [0, 0.05) is 77.8 Å². The Morgan fingerprint density at radius 2 is 1.15 bits per heavy atom. The number of para-hydroxylation sites is 4. The van der Waals surface area contributed by atoms with Crippen LogP contribution >= 0.6 is 0 Å². The van der Waals surface area contributed by atoms with Crippen molar-refractivity contribution in [2.45, 2.75) is 78.6 Å². The van der Waals surface area contributed by atoms with Crippen LogP contribution in [0.25, 0.3) is 55.1 Å². The molecule has 1 aliphatic heterocycles. The molecule has 0 bridgehead atoms. The standard InChI is InChI=1S/C60H54N5O.Pt/c1-58(2,3)39-29-30-61-57(34-39)65-53-28-25-43(64-51-21-12-10-19-47(51)48-20-11-13-22-52(48)64)36-50(53)49-27-26-46(37-56(49)65)66-45-18-16-17-42(35-45)62-38-63(55-24-15-14-23-54(55)62)44-32-40(59(4,5)6)31-41(33-44)60(7,8)9;/h10-34,36,38H,1-9H3;/q-3;/i10D,11D,12D,13D,19D,20D,21D,22D;. The molecule has 11 rings (SSSR count). The van der Waals surface area contributed by atoms with E-state index in [1.54, 1.807) is 12.3 Å². The molecule has 0 fully saturated rings. The minimum atomic E-state index is -0.491. The van der Waals surface area contributed by atoms with Crippen molar-refractivity contribution < 1.29 is 36.8 Å². The zero-order valence-electron chi connectivity index (χ0n) is 46.9. The van der Waals surface area contributed by atoms with Gasteiger partial charge in [0.1, 0.15) is 5.82 Å². The van der Waals surface area contributed by atoms with Crippen molar-refractivity contribution in [3.05, 3.63) is 193 Å². The first-order valence-corrected chi connectivity index (χ1v) is 22.3. The SMILES string of the molecule is [2H]c1c([2H])c([2H])c2c(c1[2H])c1c([2H])c([2H])c([2H])c([2H])c1n2-c1ccc2c(c1)c1ccc(Oc3[c-]c(N4[CH-]N(c5cc(C(C)(C)C)cc(C(C)(C)C)c5)c5ccccc54)ccc3)[c-]c1n2-c1cc(C(C)(C)C)ccn1.[Pt]. The molecule has 0 saturated carbocycles. The van der Waals surface area contributed by atoms with Gasteiger partial charge < -0.3 is 23.7 Å². The van der Waals surface area contributed by atoms with E-state index in [9.17, 15) is 0 Å². The smallest absolute Gasteiger partial charge is 0.135 e. The quantitative estimate of drug-likeness (QED) is 0.156. The van der Waals surface area contributed by atoms with Crippen LogP contribution in [0.5, 0.6) is 11.5 Å². The number of aromatic nitrogens is 3. The molecule has 1 aliphatic rings. The molecular formula is C60H54N5OPt-3. The van der Waals surface area contributed by atoms with E-state index in [-0.39, 0.29) is 83.3 Å². The number of hydrogen-bond acceptors (Lipinski definition) is 4. The summed E-state index contributed by atoms with van der Waals surface area (Å²) in [5.41, 5.74) is 9.12. The summed E-state index contributed by atoms with van der Waals surface area (Å²) in [5.74, 6) is 1.55. The summed E-state index contributed by atoms with van der Waals surface area (Å²) < 4.78 is 80.7. The zero-order valence-corrected chi connectivity index (χ0v) is 41.2. The average molecular weight is 1060 g/mol. The van der Waals surface area contributed by atoms with Gasteiger partial charge in [-0.15, -0.1) is 48.1 Å².